The molecule has 0 bridgehead atoms. The van der Waals surface area contributed by atoms with E-state index in [1.54, 1.807) is 30.3 Å². The molecule has 0 aliphatic rings. The summed E-state index contributed by atoms with van der Waals surface area (Å²) < 4.78 is 5.06. The molecule has 0 fully saturated rings. The number of nitrogens with one attached hydrogen (secondary N) is 1. The molecule has 6 heteroatoms. The first kappa shape index (κ1) is 16.4. The molecule has 0 aliphatic heterocycles. The maximum Gasteiger partial charge on any atom is 0.266 e. The molecule has 5 nitrogen and oxygen atoms in total. The van der Waals surface area contributed by atoms with Gasteiger partial charge in [0.15, 0.2) is 0 Å². The summed E-state index contributed by atoms with van der Waals surface area (Å²) in [7, 11) is 1.48. The summed E-state index contributed by atoms with van der Waals surface area (Å²) in [6.45, 7) is 0. The minimum Gasteiger partial charge on any atom is -0.507 e. The van der Waals surface area contributed by atoms with Gasteiger partial charge in [-0.15, -0.1) is 0 Å². The number of nitrogens with zero attached hydrogens (tertiary/aromatic N) is 1. The summed E-state index contributed by atoms with van der Waals surface area (Å²) >= 11 is 5.78. The molecule has 23 heavy (non-hydrogen) atoms. The molecule has 0 saturated carbocycles. The van der Waals surface area contributed by atoms with Crippen molar-refractivity contribution < 1.29 is 14.6 Å². The largest absolute Gasteiger partial charge is 0.507 e. The Morgan fingerprint density at radius 3 is 2.61 bits per heavy atom. The summed E-state index contributed by atoms with van der Waals surface area (Å²) in [6.07, 6.45) is 1.29. The van der Waals surface area contributed by atoms with E-state index in [2.05, 4.69) is 5.32 Å². The first-order chi connectivity index (χ1) is 11.0. The number of hydrogen-bond donors (Lipinski definition) is 2. The second-order valence-electron chi connectivity index (χ2n) is 4.56. The molecule has 2 N–H and O–H groups in total. The molecule has 0 spiro atoms. The number of carbonyl (C=O) groups excluding carboxylic acids is 1. The average molecular weight is 329 g/mol. The monoisotopic (exact) mass is 328 g/mol. The minimum absolute atomic E-state index is 0.0576. The third-order valence-electron chi connectivity index (χ3n) is 3.00. The molecule has 0 heterocycles. The lowest BCUT2D eigenvalue weighted by Gasteiger charge is -2.06. The Labute approximate surface area is 138 Å². The van der Waals surface area contributed by atoms with Crippen LogP contribution in [-0.4, -0.2) is 18.1 Å². The van der Waals surface area contributed by atoms with Crippen molar-refractivity contribution in [3.8, 4) is 17.6 Å². The van der Waals surface area contributed by atoms with Crippen LogP contribution >= 0.6 is 11.6 Å². The fourth-order valence-corrected chi connectivity index (χ4v) is 1.94. The standard InChI is InChI=1S/C17H13ClN2O3/c1-23-15-6-7-16(21)11(9-15)8-12(10-19)17(22)20-14-4-2-13(18)3-5-14/h2-9,21H,1H3,(H,20,22). The lowest BCUT2D eigenvalue weighted by molar-refractivity contribution is -0.112. The molecule has 116 valence electrons. The Hall–Kier alpha value is -2.97. The van der Waals surface area contributed by atoms with Gasteiger partial charge in [-0.05, 0) is 48.5 Å². The number of phenols is 1. The summed E-state index contributed by atoms with van der Waals surface area (Å²) in [4.78, 5) is 12.2. The predicted octanol–water partition coefficient (Wildman–Crippen LogP) is 3.60. The number of carbonyl (C=O) groups is 1. The van der Waals surface area contributed by atoms with Gasteiger partial charge in [0.05, 0.1) is 7.11 Å². The number of methoxy groups -OCH3 is 1. The van der Waals surface area contributed by atoms with Gasteiger partial charge in [-0.3, -0.25) is 4.79 Å². The molecule has 0 unspecified atom stereocenters. The van der Waals surface area contributed by atoms with Crippen LogP contribution in [-0.2, 0) is 4.79 Å². The number of phenolic OH excluding ortho intramolecular Hbond substituents is 1. The van der Waals surface area contributed by atoms with Crippen molar-refractivity contribution in [2.24, 2.45) is 0 Å². The summed E-state index contributed by atoms with van der Waals surface area (Å²) in [5, 5.41) is 22.1. The Morgan fingerprint density at radius 2 is 2.00 bits per heavy atom. The molecule has 1 amide bonds. The highest BCUT2D eigenvalue weighted by molar-refractivity contribution is 6.30. The lowest BCUT2D eigenvalue weighted by Crippen LogP contribution is -2.13. The number of nitriles is 1. The molecule has 0 aliphatic carbocycles. The van der Waals surface area contributed by atoms with E-state index in [0.29, 0.717) is 22.0 Å². The summed E-state index contributed by atoms with van der Waals surface area (Å²) in [6, 6.07) is 12.8. The first-order valence-corrected chi connectivity index (χ1v) is 6.97. The number of amides is 1. The Bertz CT molecular complexity index is 792. The zero-order valence-corrected chi connectivity index (χ0v) is 13.0. The fraction of sp³-hybridized carbons (Fsp3) is 0.0588. The van der Waals surface area contributed by atoms with Gasteiger partial charge in [0.25, 0.3) is 5.91 Å². The van der Waals surface area contributed by atoms with Crippen molar-refractivity contribution in [2.45, 2.75) is 0 Å². The second kappa shape index (κ2) is 7.34. The van der Waals surface area contributed by atoms with Crippen LogP contribution in [0.15, 0.2) is 48.0 Å². The van der Waals surface area contributed by atoms with Crippen LogP contribution < -0.4 is 10.1 Å². The molecule has 0 aromatic heterocycles. The van der Waals surface area contributed by atoms with Gasteiger partial charge in [0.2, 0.25) is 0 Å². The summed E-state index contributed by atoms with van der Waals surface area (Å²) in [5.74, 6) is -0.140. The predicted molar refractivity (Wildman–Crippen MR) is 88.3 cm³/mol. The molecule has 0 atom stereocenters. The van der Waals surface area contributed by atoms with E-state index in [1.807, 2.05) is 6.07 Å². The Kier molecular flexibility index (Phi) is 5.23. The normalized spacial score (nSPS) is 10.7. The van der Waals surface area contributed by atoms with Crippen LogP contribution in [0.2, 0.25) is 5.02 Å². The molecule has 2 rings (SSSR count). The van der Waals surface area contributed by atoms with Crippen LogP contribution in [0.1, 0.15) is 5.56 Å². The van der Waals surface area contributed by atoms with E-state index < -0.39 is 5.91 Å². The first-order valence-electron chi connectivity index (χ1n) is 6.59. The maximum atomic E-state index is 12.2. The highest BCUT2D eigenvalue weighted by atomic mass is 35.5. The zero-order chi connectivity index (χ0) is 16.8. The highest BCUT2D eigenvalue weighted by Gasteiger charge is 2.11. The van der Waals surface area contributed by atoms with E-state index >= 15 is 0 Å². The lowest BCUT2D eigenvalue weighted by atomic mass is 10.1. The van der Waals surface area contributed by atoms with Crippen molar-refractivity contribution in [3.05, 3.63) is 58.6 Å². The topological polar surface area (TPSA) is 82.3 Å². The quantitative estimate of drug-likeness (QED) is 0.663. The fourth-order valence-electron chi connectivity index (χ4n) is 1.81. The van der Waals surface area contributed by atoms with Gasteiger partial charge in [-0.1, -0.05) is 11.6 Å². The van der Waals surface area contributed by atoms with Gasteiger partial charge in [0, 0.05) is 16.3 Å². The van der Waals surface area contributed by atoms with E-state index in [4.69, 9.17) is 16.3 Å². The smallest absolute Gasteiger partial charge is 0.266 e. The Morgan fingerprint density at radius 1 is 1.30 bits per heavy atom. The number of ether oxygens (including phenoxy) is 1. The van der Waals surface area contributed by atoms with Gasteiger partial charge in [-0.2, -0.15) is 5.26 Å². The van der Waals surface area contributed by atoms with E-state index in [1.165, 1.54) is 25.3 Å². The summed E-state index contributed by atoms with van der Waals surface area (Å²) in [5.41, 5.74) is 0.672. The van der Waals surface area contributed by atoms with E-state index in [9.17, 15) is 15.2 Å². The van der Waals surface area contributed by atoms with Crippen LogP contribution in [0.25, 0.3) is 6.08 Å². The minimum atomic E-state index is -0.586. The van der Waals surface area contributed by atoms with Crippen molar-refractivity contribution >= 4 is 29.3 Å². The zero-order valence-electron chi connectivity index (χ0n) is 12.2. The molecule has 2 aromatic rings. The number of aromatic hydroxyl groups is 1. The SMILES string of the molecule is COc1ccc(O)c(C=C(C#N)C(=O)Nc2ccc(Cl)cc2)c1. The number of anilines is 1. The van der Waals surface area contributed by atoms with Gasteiger partial charge >= 0.3 is 0 Å². The van der Waals surface area contributed by atoms with Crippen LogP contribution in [0.5, 0.6) is 11.5 Å². The van der Waals surface area contributed by atoms with Crippen LogP contribution in [0.3, 0.4) is 0 Å². The third kappa shape index (κ3) is 4.25. The van der Waals surface area contributed by atoms with Gasteiger partial charge in [0.1, 0.15) is 23.1 Å². The second-order valence-corrected chi connectivity index (χ2v) is 4.99. The van der Waals surface area contributed by atoms with Gasteiger partial charge < -0.3 is 15.2 Å². The molecular formula is C17H13ClN2O3. The van der Waals surface area contributed by atoms with E-state index in [0.717, 1.165) is 0 Å². The Balaban J connectivity index is 2.26. The third-order valence-corrected chi connectivity index (χ3v) is 3.25. The molecular weight excluding hydrogens is 316 g/mol. The average Bonchev–Trinajstić information content (AvgIpc) is 2.56. The van der Waals surface area contributed by atoms with Gasteiger partial charge in [-0.25, -0.2) is 0 Å². The van der Waals surface area contributed by atoms with Crippen molar-refractivity contribution in [1.29, 1.82) is 5.26 Å². The van der Waals surface area contributed by atoms with Crippen LogP contribution in [0.4, 0.5) is 5.69 Å². The van der Waals surface area contributed by atoms with Crippen molar-refractivity contribution in [2.75, 3.05) is 12.4 Å². The number of hydrogen-bond acceptors (Lipinski definition) is 4. The number of halogens is 1. The van der Waals surface area contributed by atoms with Crippen molar-refractivity contribution in [1.82, 2.24) is 0 Å². The molecule has 0 saturated heterocycles. The highest BCUT2D eigenvalue weighted by Crippen LogP contribution is 2.25. The molecule has 2 aromatic carbocycles. The van der Waals surface area contributed by atoms with Crippen molar-refractivity contribution in [3.63, 3.8) is 0 Å². The van der Waals surface area contributed by atoms with Crippen LogP contribution in [0, 0.1) is 11.3 Å². The number of rotatable bonds is 4. The molecule has 0 radical (unpaired) electrons. The number of benzene rings is 2. The maximum absolute atomic E-state index is 12.2. The van der Waals surface area contributed by atoms with E-state index in [-0.39, 0.29) is 11.3 Å².